The molecule has 0 aliphatic rings. The highest BCUT2D eigenvalue weighted by molar-refractivity contribution is 5.69. The largest absolute Gasteiger partial charge is 0.466 e. The van der Waals surface area contributed by atoms with E-state index in [1.807, 2.05) is 6.92 Å². The fourth-order valence-corrected chi connectivity index (χ4v) is 1.47. The van der Waals surface area contributed by atoms with Gasteiger partial charge in [-0.25, -0.2) is 4.39 Å². The summed E-state index contributed by atoms with van der Waals surface area (Å²) in [6, 6.07) is 6.55. The summed E-state index contributed by atoms with van der Waals surface area (Å²) in [5, 5.41) is 3.09. The van der Waals surface area contributed by atoms with Crippen molar-refractivity contribution >= 4 is 5.97 Å². The molecule has 0 saturated carbocycles. The Labute approximate surface area is 101 Å². The number of ether oxygens (including phenoxy) is 1. The summed E-state index contributed by atoms with van der Waals surface area (Å²) in [6.07, 6.45) is 0.294. The lowest BCUT2D eigenvalue weighted by molar-refractivity contribution is -0.143. The topological polar surface area (TPSA) is 38.3 Å². The predicted molar refractivity (Wildman–Crippen MR) is 64.0 cm³/mol. The minimum atomic E-state index is -0.235. The molecule has 1 aromatic rings. The van der Waals surface area contributed by atoms with E-state index in [2.05, 4.69) is 5.32 Å². The summed E-state index contributed by atoms with van der Waals surface area (Å²) in [6.45, 7) is 4.44. The van der Waals surface area contributed by atoms with Gasteiger partial charge in [0.25, 0.3) is 0 Å². The van der Waals surface area contributed by atoms with E-state index in [1.165, 1.54) is 6.07 Å². The van der Waals surface area contributed by atoms with Gasteiger partial charge in [-0.1, -0.05) is 18.2 Å². The Morgan fingerprint density at radius 1 is 1.47 bits per heavy atom. The molecule has 1 unspecified atom stereocenters. The predicted octanol–water partition coefficient (Wildman–Crippen LogP) is 2.26. The highest BCUT2D eigenvalue weighted by atomic mass is 19.1. The fourth-order valence-electron chi connectivity index (χ4n) is 1.47. The lowest BCUT2D eigenvalue weighted by atomic mass is 10.2. The van der Waals surface area contributed by atoms with Crippen LogP contribution >= 0.6 is 0 Å². The van der Waals surface area contributed by atoms with Crippen LogP contribution in [0.4, 0.5) is 4.39 Å². The molecular formula is C13H18FNO2. The molecule has 94 valence electrons. The van der Waals surface area contributed by atoms with E-state index in [1.54, 1.807) is 25.1 Å². The van der Waals surface area contributed by atoms with Crippen LogP contribution in [0.5, 0.6) is 0 Å². The molecule has 0 heterocycles. The van der Waals surface area contributed by atoms with Crippen molar-refractivity contribution in [2.75, 3.05) is 6.61 Å². The first-order valence-electron chi connectivity index (χ1n) is 5.76. The summed E-state index contributed by atoms with van der Waals surface area (Å²) < 4.78 is 18.1. The van der Waals surface area contributed by atoms with Crippen molar-refractivity contribution in [2.45, 2.75) is 32.9 Å². The van der Waals surface area contributed by atoms with Crippen molar-refractivity contribution in [3.05, 3.63) is 35.6 Å². The van der Waals surface area contributed by atoms with E-state index in [0.717, 1.165) is 0 Å². The van der Waals surface area contributed by atoms with Crippen LogP contribution in [0.15, 0.2) is 24.3 Å². The molecule has 1 aromatic carbocycles. The van der Waals surface area contributed by atoms with E-state index in [9.17, 15) is 9.18 Å². The molecule has 0 aliphatic carbocycles. The number of esters is 1. The molecule has 0 aliphatic heterocycles. The Hall–Kier alpha value is -1.42. The quantitative estimate of drug-likeness (QED) is 0.774. The SMILES string of the molecule is CCOC(=O)CC(C)NCc1ccccc1F. The van der Waals surface area contributed by atoms with Gasteiger partial charge >= 0.3 is 5.97 Å². The van der Waals surface area contributed by atoms with Crippen molar-refractivity contribution in [1.82, 2.24) is 5.32 Å². The van der Waals surface area contributed by atoms with E-state index in [-0.39, 0.29) is 17.8 Å². The molecule has 1 N–H and O–H groups in total. The normalized spacial score (nSPS) is 12.2. The summed E-state index contributed by atoms with van der Waals surface area (Å²) in [5.74, 6) is -0.468. The Morgan fingerprint density at radius 2 is 2.18 bits per heavy atom. The van der Waals surface area contributed by atoms with E-state index in [0.29, 0.717) is 25.1 Å². The Bertz CT molecular complexity index is 368. The zero-order chi connectivity index (χ0) is 12.7. The zero-order valence-corrected chi connectivity index (χ0v) is 10.2. The van der Waals surface area contributed by atoms with Gasteiger partial charge in [-0.15, -0.1) is 0 Å². The molecule has 0 fully saturated rings. The maximum atomic E-state index is 13.3. The first-order chi connectivity index (χ1) is 8.13. The molecule has 1 rings (SSSR count). The van der Waals surface area contributed by atoms with Gasteiger partial charge in [0.05, 0.1) is 13.0 Å². The fraction of sp³-hybridized carbons (Fsp3) is 0.462. The summed E-state index contributed by atoms with van der Waals surface area (Å²) in [7, 11) is 0. The maximum absolute atomic E-state index is 13.3. The number of hydrogen-bond acceptors (Lipinski definition) is 3. The summed E-state index contributed by atoms with van der Waals surface area (Å²) in [4.78, 5) is 11.2. The Balaban J connectivity index is 2.35. The lowest BCUT2D eigenvalue weighted by Gasteiger charge is -2.13. The second kappa shape index (κ2) is 7.01. The molecule has 4 heteroatoms. The highest BCUT2D eigenvalue weighted by Crippen LogP contribution is 2.06. The number of benzene rings is 1. The monoisotopic (exact) mass is 239 g/mol. The van der Waals surface area contributed by atoms with Gasteiger partial charge in [0.15, 0.2) is 0 Å². The number of halogens is 1. The van der Waals surface area contributed by atoms with E-state index >= 15 is 0 Å². The highest BCUT2D eigenvalue weighted by Gasteiger charge is 2.10. The third-order valence-corrected chi connectivity index (χ3v) is 2.38. The van der Waals surface area contributed by atoms with Crippen LogP contribution in [-0.4, -0.2) is 18.6 Å². The second-order valence-corrected chi connectivity index (χ2v) is 3.88. The minimum absolute atomic E-state index is 0.0337. The minimum Gasteiger partial charge on any atom is -0.466 e. The Morgan fingerprint density at radius 3 is 2.82 bits per heavy atom. The van der Waals surface area contributed by atoms with Gasteiger partial charge in [-0.3, -0.25) is 4.79 Å². The molecule has 3 nitrogen and oxygen atoms in total. The van der Waals surface area contributed by atoms with Crippen molar-refractivity contribution in [2.24, 2.45) is 0 Å². The van der Waals surface area contributed by atoms with Crippen LogP contribution in [0.1, 0.15) is 25.8 Å². The van der Waals surface area contributed by atoms with Gasteiger partial charge in [0, 0.05) is 18.2 Å². The van der Waals surface area contributed by atoms with Crippen LogP contribution < -0.4 is 5.32 Å². The van der Waals surface area contributed by atoms with Crippen LogP contribution in [0.2, 0.25) is 0 Å². The van der Waals surface area contributed by atoms with E-state index in [4.69, 9.17) is 4.74 Å². The van der Waals surface area contributed by atoms with E-state index < -0.39 is 0 Å². The molecule has 0 bridgehead atoms. The number of nitrogens with one attached hydrogen (secondary N) is 1. The third-order valence-electron chi connectivity index (χ3n) is 2.38. The zero-order valence-electron chi connectivity index (χ0n) is 10.2. The summed E-state index contributed by atoms with van der Waals surface area (Å²) >= 11 is 0. The lowest BCUT2D eigenvalue weighted by Crippen LogP contribution is -2.29. The number of rotatable bonds is 6. The van der Waals surface area contributed by atoms with Gasteiger partial charge in [-0.2, -0.15) is 0 Å². The molecule has 0 saturated heterocycles. The van der Waals surface area contributed by atoms with Gasteiger partial charge in [0.2, 0.25) is 0 Å². The molecule has 0 radical (unpaired) electrons. The Kier molecular flexibility index (Phi) is 5.63. The van der Waals surface area contributed by atoms with Crippen LogP contribution in [0.3, 0.4) is 0 Å². The average molecular weight is 239 g/mol. The standard InChI is InChI=1S/C13H18FNO2/c1-3-17-13(16)8-10(2)15-9-11-6-4-5-7-12(11)14/h4-7,10,15H,3,8-9H2,1-2H3. The van der Waals surface area contributed by atoms with Gasteiger partial charge < -0.3 is 10.1 Å². The van der Waals surface area contributed by atoms with Crippen LogP contribution in [-0.2, 0) is 16.1 Å². The summed E-state index contributed by atoms with van der Waals surface area (Å²) in [5.41, 5.74) is 0.600. The number of carbonyl (C=O) groups is 1. The first-order valence-corrected chi connectivity index (χ1v) is 5.76. The molecule has 17 heavy (non-hydrogen) atoms. The smallest absolute Gasteiger partial charge is 0.307 e. The van der Waals surface area contributed by atoms with Gasteiger partial charge in [-0.05, 0) is 19.9 Å². The van der Waals surface area contributed by atoms with Crippen LogP contribution in [0.25, 0.3) is 0 Å². The number of hydrogen-bond donors (Lipinski definition) is 1. The first kappa shape index (κ1) is 13.6. The van der Waals surface area contributed by atoms with Crippen molar-refractivity contribution in [3.63, 3.8) is 0 Å². The molecule has 0 aromatic heterocycles. The number of carbonyl (C=O) groups excluding carboxylic acids is 1. The van der Waals surface area contributed by atoms with Crippen molar-refractivity contribution in [3.8, 4) is 0 Å². The molecule has 0 spiro atoms. The van der Waals surface area contributed by atoms with Crippen molar-refractivity contribution in [1.29, 1.82) is 0 Å². The molecule has 1 atom stereocenters. The average Bonchev–Trinajstić information content (AvgIpc) is 2.28. The second-order valence-electron chi connectivity index (χ2n) is 3.88. The van der Waals surface area contributed by atoms with Crippen molar-refractivity contribution < 1.29 is 13.9 Å². The van der Waals surface area contributed by atoms with Gasteiger partial charge in [0.1, 0.15) is 5.82 Å². The molecule has 0 amide bonds. The third kappa shape index (κ3) is 4.95. The molecular weight excluding hydrogens is 221 g/mol. The van der Waals surface area contributed by atoms with Crippen LogP contribution in [0, 0.1) is 5.82 Å². The maximum Gasteiger partial charge on any atom is 0.307 e.